The molecule has 0 aromatic heterocycles. The standard InChI is InChI=1S/C21H29N3O5S/c1-23-17-11-7-13-24(20(25)14-22-30(2,27)28)18(17)10-5-3-8-16-9-4-6-12-19(16)29-15-21(23)26/h3-6,9,12,17-18,22H,7-8,10-11,13-15H2,1-2H3/b5-3+/t17-,18-/m1/s1. The summed E-state index contributed by atoms with van der Waals surface area (Å²) in [7, 11) is -1.72. The summed E-state index contributed by atoms with van der Waals surface area (Å²) in [5.41, 5.74) is 0.996. The van der Waals surface area contributed by atoms with E-state index in [1.165, 1.54) is 0 Å². The number of carbonyl (C=O) groups excluding carboxylic acids is 2. The lowest BCUT2D eigenvalue weighted by Gasteiger charge is -2.45. The smallest absolute Gasteiger partial charge is 0.260 e. The van der Waals surface area contributed by atoms with Crippen LogP contribution in [0.4, 0.5) is 0 Å². The van der Waals surface area contributed by atoms with E-state index in [1.54, 1.807) is 16.8 Å². The van der Waals surface area contributed by atoms with E-state index in [4.69, 9.17) is 4.74 Å². The highest BCUT2D eigenvalue weighted by molar-refractivity contribution is 7.88. The third kappa shape index (κ3) is 5.60. The van der Waals surface area contributed by atoms with Gasteiger partial charge < -0.3 is 14.5 Å². The number of nitrogens with one attached hydrogen (secondary N) is 1. The van der Waals surface area contributed by atoms with Gasteiger partial charge in [-0.25, -0.2) is 13.1 Å². The van der Waals surface area contributed by atoms with E-state index < -0.39 is 10.0 Å². The summed E-state index contributed by atoms with van der Waals surface area (Å²) in [5.74, 6) is 0.277. The molecule has 2 heterocycles. The number of likely N-dealkylation sites (N-methyl/N-ethyl adjacent to an activating group) is 1. The zero-order valence-electron chi connectivity index (χ0n) is 17.4. The number of rotatable bonds is 3. The van der Waals surface area contributed by atoms with Crippen LogP contribution in [-0.2, 0) is 26.0 Å². The Morgan fingerprint density at radius 2 is 2.00 bits per heavy atom. The maximum absolute atomic E-state index is 12.8. The molecule has 2 amide bonds. The summed E-state index contributed by atoms with van der Waals surface area (Å²) in [6, 6.07) is 7.27. The van der Waals surface area contributed by atoms with E-state index in [2.05, 4.69) is 10.8 Å². The van der Waals surface area contributed by atoms with E-state index in [9.17, 15) is 18.0 Å². The Hall–Kier alpha value is -2.39. The predicted molar refractivity (Wildman–Crippen MR) is 114 cm³/mol. The number of piperidine rings is 1. The highest BCUT2D eigenvalue weighted by Crippen LogP contribution is 2.26. The number of likely N-dealkylation sites (tertiary alicyclic amines) is 1. The number of hydrogen-bond acceptors (Lipinski definition) is 5. The van der Waals surface area contributed by atoms with Crippen LogP contribution in [0.5, 0.6) is 5.75 Å². The van der Waals surface area contributed by atoms with Crippen molar-refractivity contribution in [2.45, 2.75) is 37.8 Å². The summed E-state index contributed by atoms with van der Waals surface area (Å²) in [5, 5.41) is 0. The number of hydrogen-bond donors (Lipinski definition) is 1. The van der Waals surface area contributed by atoms with Gasteiger partial charge in [-0.1, -0.05) is 30.4 Å². The first-order valence-electron chi connectivity index (χ1n) is 10.1. The molecule has 1 aromatic carbocycles. The van der Waals surface area contributed by atoms with Gasteiger partial charge in [0.25, 0.3) is 5.91 Å². The Kier molecular flexibility index (Phi) is 7.14. The SMILES string of the molecule is CN1C(=O)COc2ccccc2C/C=C/C[C@@H]2[C@H]1CCCN2C(=O)CNS(C)(=O)=O. The highest BCUT2D eigenvalue weighted by atomic mass is 32.2. The second-order valence-electron chi connectivity index (χ2n) is 7.77. The molecule has 1 fully saturated rings. The quantitative estimate of drug-likeness (QED) is 0.713. The zero-order chi connectivity index (χ0) is 21.7. The van der Waals surface area contributed by atoms with Crippen molar-refractivity contribution in [3.63, 3.8) is 0 Å². The van der Waals surface area contributed by atoms with E-state index >= 15 is 0 Å². The van der Waals surface area contributed by atoms with Crippen LogP contribution in [0.25, 0.3) is 0 Å². The molecular formula is C21H29N3O5S. The molecule has 2 atom stereocenters. The fourth-order valence-electron chi connectivity index (χ4n) is 4.06. The molecule has 2 aliphatic rings. The summed E-state index contributed by atoms with van der Waals surface area (Å²) in [6.07, 6.45) is 7.90. The second-order valence-corrected chi connectivity index (χ2v) is 9.60. The summed E-state index contributed by atoms with van der Waals surface area (Å²) in [4.78, 5) is 29.0. The van der Waals surface area contributed by atoms with Crippen LogP contribution in [0.3, 0.4) is 0 Å². The molecule has 1 aromatic rings. The summed E-state index contributed by atoms with van der Waals surface area (Å²) < 4.78 is 30.9. The van der Waals surface area contributed by atoms with Gasteiger partial charge in [0.15, 0.2) is 6.61 Å². The highest BCUT2D eigenvalue weighted by Gasteiger charge is 2.37. The first kappa shape index (κ1) is 22.3. The molecule has 164 valence electrons. The fraction of sp³-hybridized carbons (Fsp3) is 0.524. The van der Waals surface area contributed by atoms with Gasteiger partial charge in [0.2, 0.25) is 15.9 Å². The summed E-state index contributed by atoms with van der Waals surface area (Å²) in [6.45, 7) is 0.199. The van der Waals surface area contributed by atoms with Crippen LogP contribution < -0.4 is 9.46 Å². The third-order valence-corrected chi connectivity index (χ3v) is 6.31. The number of sulfonamides is 1. The number of carbonyl (C=O) groups is 2. The van der Waals surface area contributed by atoms with Gasteiger partial charge in [-0.3, -0.25) is 9.59 Å². The van der Waals surface area contributed by atoms with Gasteiger partial charge in [-0.15, -0.1) is 0 Å². The van der Waals surface area contributed by atoms with Gasteiger partial charge in [-0.05, 0) is 37.3 Å². The number of fused-ring (bicyclic) bond motifs is 2. The van der Waals surface area contributed by atoms with Gasteiger partial charge in [0, 0.05) is 13.6 Å². The van der Waals surface area contributed by atoms with E-state index in [0.717, 1.165) is 24.7 Å². The number of ether oxygens (including phenoxy) is 1. The molecule has 0 bridgehead atoms. The van der Waals surface area contributed by atoms with Gasteiger partial charge in [0.05, 0.1) is 24.9 Å². The molecule has 2 aliphatic heterocycles. The molecule has 0 radical (unpaired) electrons. The van der Waals surface area contributed by atoms with Crippen LogP contribution >= 0.6 is 0 Å². The predicted octanol–water partition coefficient (Wildman–Crippen LogP) is 0.935. The molecule has 0 spiro atoms. The molecule has 0 unspecified atom stereocenters. The van der Waals surface area contributed by atoms with Crippen LogP contribution in [-0.4, -0.2) is 75.1 Å². The van der Waals surface area contributed by atoms with E-state index in [-0.39, 0.29) is 37.0 Å². The first-order chi connectivity index (χ1) is 14.3. The molecule has 1 saturated heterocycles. The lowest BCUT2D eigenvalue weighted by Crippen LogP contribution is -2.59. The minimum absolute atomic E-state index is 0.0654. The average molecular weight is 436 g/mol. The Morgan fingerprint density at radius 1 is 1.23 bits per heavy atom. The Bertz CT molecular complexity index is 915. The van der Waals surface area contributed by atoms with Crippen molar-refractivity contribution >= 4 is 21.8 Å². The monoisotopic (exact) mass is 435 g/mol. The van der Waals surface area contributed by atoms with Crippen LogP contribution in [0, 0.1) is 0 Å². The lowest BCUT2D eigenvalue weighted by atomic mass is 9.91. The first-order valence-corrected chi connectivity index (χ1v) is 12.0. The Morgan fingerprint density at radius 3 is 2.77 bits per heavy atom. The molecule has 0 aliphatic carbocycles. The second kappa shape index (κ2) is 9.61. The third-order valence-electron chi connectivity index (χ3n) is 5.65. The van der Waals surface area contributed by atoms with E-state index in [0.29, 0.717) is 25.1 Å². The molecule has 9 heteroatoms. The topological polar surface area (TPSA) is 96.0 Å². The van der Waals surface area contributed by atoms with Gasteiger partial charge in [-0.2, -0.15) is 0 Å². The van der Waals surface area contributed by atoms with Crippen molar-refractivity contribution in [3.05, 3.63) is 42.0 Å². The molecular weight excluding hydrogens is 406 g/mol. The van der Waals surface area contributed by atoms with Crippen molar-refractivity contribution in [2.24, 2.45) is 0 Å². The minimum atomic E-state index is -3.46. The van der Waals surface area contributed by atoms with Crippen molar-refractivity contribution < 1.29 is 22.7 Å². The molecule has 30 heavy (non-hydrogen) atoms. The maximum Gasteiger partial charge on any atom is 0.260 e. The molecule has 1 N–H and O–H groups in total. The lowest BCUT2D eigenvalue weighted by molar-refractivity contribution is -0.142. The average Bonchev–Trinajstić information content (AvgIpc) is 2.72. The normalized spacial score (nSPS) is 24.0. The van der Waals surface area contributed by atoms with Crippen LogP contribution in [0.1, 0.15) is 24.8 Å². The zero-order valence-corrected chi connectivity index (χ0v) is 18.2. The van der Waals surface area contributed by atoms with Gasteiger partial charge in [0.1, 0.15) is 5.75 Å². The number of amides is 2. The van der Waals surface area contributed by atoms with Crippen molar-refractivity contribution in [2.75, 3.05) is 33.0 Å². The van der Waals surface area contributed by atoms with Gasteiger partial charge >= 0.3 is 0 Å². The molecule has 0 saturated carbocycles. The van der Waals surface area contributed by atoms with Crippen molar-refractivity contribution in [1.29, 1.82) is 0 Å². The van der Waals surface area contributed by atoms with E-state index in [1.807, 2.05) is 30.3 Å². The number of benzene rings is 1. The maximum atomic E-state index is 12.8. The number of nitrogens with zero attached hydrogens (tertiary/aromatic N) is 2. The van der Waals surface area contributed by atoms with Crippen LogP contribution in [0.15, 0.2) is 36.4 Å². The Balaban J connectivity index is 1.84. The largest absolute Gasteiger partial charge is 0.483 e. The minimum Gasteiger partial charge on any atom is -0.483 e. The van der Waals surface area contributed by atoms with Crippen LogP contribution in [0.2, 0.25) is 0 Å². The number of para-hydroxylation sites is 1. The van der Waals surface area contributed by atoms with Crippen molar-refractivity contribution in [1.82, 2.24) is 14.5 Å². The molecule has 3 rings (SSSR count). The summed E-state index contributed by atoms with van der Waals surface area (Å²) >= 11 is 0. The van der Waals surface area contributed by atoms with Crippen molar-refractivity contribution in [3.8, 4) is 5.75 Å². The fourth-order valence-corrected chi connectivity index (χ4v) is 4.45. The number of allylic oxidation sites excluding steroid dienone is 1. The molecule has 8 nitrogen and oxygen atoms in total. The Labute approximate surface area is 177 Å².